The molecule has 1 rings (SSSR count). The molecule has 5 unspecified atom stereocenters. The van der Waals surface area contributed by atoms with Crippen molar-refractivity contribution in [3.63, 3.8) is 0 Å². The number of rotatable bonds is 6. The SMILES string of the molecule is CCC(C)CC(C)N1C(=O)C(C(C)CC)NC(=O)C1C. The van der Waals surface area contributed by atoms with Crippen LogP contribution in [-0.2, 0) is 9.59 Å². The lowest BCUT2D eigenvalue weighted by molar-refractivity contribution is -0.152. The molecular weight excluding hydrogens is 252 g/mol. The van der Waals surface area contributed by atoms with Crippen molar-refractivity contribution in [2.45, 2.75) is 78.9 Å². The quantitative estimate of drug-likeness (QED) is 0.814. The molecule has 4 heteroatoms. The van der Waals surface area contributed by atoms with Gasteiger partial charge in [0.05, 0.1) is 0 Å². The van der Waals surface area contributed by atoms with E-state index in [9.17, 15) is 9.59 Å². The van der Waals surface area contributed by atoms with E-state index >= 15 is 0 Å². The van der Waals surface area contributed by atoms with E-state index in [-0.39, 0.29) is 35.9 Å². The molecule has 2 amide bonds. The van der Waals surface area contributed by atoms with Crippen LogP contribution in [-0.4, -0.2) is 34.8 Å². The minimum Gasteiger partial charge on any atom is -0.342 e. The highest BCUT2D eigenvalue weighted by atomic mass is 16.2. The van der Waals surface area contributed by atoms with Crippen molar-refractivity contribution in [3.8, 4) is 0 Å². The average Bonchev–Trinajstić information content (AvgIpc) is 2.41. The third-order valence-corrected chi connectivity index (χ3v) is 4.74. The Morgan fingerprint density at radius 3 is 2.25 bits per heavy atom. The highest BCUT2D eigenvalue weighted by Gasteiger charge is 2.42. The summed E-state index contributed by atoms with van der Waals surface area (Å²) >= 11 is 0. The van der Waals surface area contributed by atoms with Gasteiger partial charge in [-0.25, -0.2) is 0 Å². The fourth-order valence-corrected chi connectivity index (χ4v) is 2.90. The van der Waals surface area contributed by atoms with Crippen molar-refractivity contribution in [3.05, 3.63) is 0 Å². The Labute approximate surface area is 123 Å². The van der Waals surface area contributed by atoms with E-state index in [0.717, 1.165) is 19.3 Å². The van der Waals surface area contributed by atoms with Crippen molar-refractivity contribution in [1.82, 2.24) is 10.2 Å². The van der Waals surface area contributed by atoms with Gasteiger partial charge in [0.2, 0.25) is 11.8 Å². The summed E-state index contributed by atoms with van der Waals surface area (Å²) in [5, 5.41) is 2.89. The maximum absolute atomic E-state index is 12.7. The van der Waals surface area contributed by atoms with Crippen LogP contribution in [0.1, 0.15) is 60.8 Å². The molecule has 1 aliphatic rings. The third kappa shape index (κ3) is 3.53. The lowest BCUT2D eigenvalue weighted by Crippen LogP contribution is -2.66. The minimum atomic E-state index is -0.359. The zero-order valence-corrected chi connectivity index (χ0v) is 13.8. The standard InChI is InChI=1S/C16H30N2O2/c1-7-10(3)9-12(5)18-13(6)15(19)17-14(16(18)20)11(4)8-2/h10-14H,7-9H2,1-6H3,(H,17,19). The third-order valence-electron chi connectivity index (χ3n) is 4.74. The molecule has 0 spiro atoms. The van der Waals surface area contributed by atoms with Crippen LogP contribution < -0.4 is 5.32 Å². The second-order valence-corrected chi connectivity index (χ2v) is 6.39. The van der Waals surface area contributed by atoms with E-state index < -0.39 is 0 Å². The molecule has 0 aromatic heterocycles. The first-order chi connectivity index (χ1) is 9.33. The number of hydrogen-bond donors (Lipinski definition) is 1. The Bertz CT molecular complexity index is 356. The van der Waals surface area contributed by atoms with Gasteiger partial charge in [-0.2, -0.15) is 0 Å². The summed E-state index contributed by atoms with van der Waals surface area (Å²) in [6.07, 6.45) is 2.94. The number of carbonyl (C=O) groups excluding carboxylic acids is 2. The molecular formula is C16H30N2O2. The summed E-state index contributed by atoms with van der Waals surface area (Å²) in [4.78, 5) is 26.6. The summed E-state index contributed by atoms with van der Waals surface area (Å²) in [5.74, 6) is 0.808. The maximum Gasteiger partial charge on any atom is 0.246 e. The van der Waals surface area contributed by atoms with Crippen molar-refractivity contribution in [1.29, 1.82) is 0 Å². The number of amides is 2. The molecule has 20 heavy (non-hydrogen) atoms. The van der Waals surface area contributed by atoms with Gasteiger partial charge in [-0.3, -0.25) is 9.59 Å². The summed E-state index contributed by atoms with van der Waals surface area (Å²) in [6, 6.07) is -0.602. The summed E-state index contributed by atoms with van der Waals surface area (Å²) in [7, 11) is 0. The van der Waals surface area contributed by atoms with Gasteiger partial charge in [-0.05, 0) is 32.1 Å². The predicted molar refractivity (Wildman–Crippen MR) is 81.2 cm³/mol. The van der Waals surface area contributed by atoms with E-state index in [4.69, 9.17) is 0 Å². The predicted octanol–water partition coefficient (Wildman–Crippen LogP) is 2.57. The Morgan fingerprint density at radius 2 is 1.75 bits per heavy atom. The van der Waals surface area contributed by atoms with Gasteiger partial charge in [-0.1, -0.05) is 40.5 Å². The van der Waals surface area contributed by atoms with Crippen molar-refractivity contribution in [2.24, 2.45) is 11.8 Å². The second kappa shape index (κ2) is 7.09. The molecule has 1 heterocycles. The molecule has 0 radical (unpaired) electrons. The molecule has 1 saturated heterocycles. The van der Waals surface area contributed by atoms with Gasteiger partial charge in [0.25, 0.3) is 0 Å². The molecule has 4 nitrogen and oxygen atoms in total. The lowest BCUT2D eigenvalue weighted by Gasteiger charge is -2.43. The molecule has 0 aromatic carbocycles. The van der Waals surface area contributed by atoms with Gasteiger partial charge in [0, 0.05) is 6.04 Å². The molecule has 0 aliphatic carbocycles. The molecule has 0 aromatic rings. The van der Waals surface area contributed by atoms with E-state index in [1.54, 1.807) is 0 Å². The Morgan fingerprint density at radius 1 is 1.15 bits per heavy atom. The van der Waals surface area contributed by atoms with E-state index in [2.05, 4.69) is 33.0 Å². The number of nitrogens with one attached hydrogen (secondary N) is 1. The molecule has 1 fully saturated rings. The molecule has 5 atom stereocenters. The van der Waals surface area contributed by atoms with Crippen LogP contribution in [0.25, 0.3) is 0 Å². The first-order valence-electron chi connectivity index (χ1n) is 7.95. The van der Waals surface area contributed by atoms with Crippen LogP contribution in [0.15, 0.2) is 0 Å². The largest absolute Gasteiger partial charge is 0.342 e. The van der Waals surface area contributed by atoms with Crippen LogP contribution in [0.2, 0.25) is 0 Å². The second-order valence-electron chi connectivity index (χ2n) is 6.39. The summed E-state index contributed by atoms with van der Waals surface area (Å²) in [5.41, 5.74) is 0. The average molecular weight is 282 g/mol. The van der Waals surface area contributed by atoms with E-state index in [1.165, 1.54) is 0 Å². The topological polar surface area (TPSA) is 49.4 Å². The fraction of sp³-hybridized carbons (Fsp3) is 0.875. The van der Waals surface area contributed by atoms with E-state index in [1.807, 2.05) is 18.7 Å². The highest BCUT2D eigenvalue weighted by molar-refractivity contribution is 5.97. The zero-order valence-electron chi connectivity index (χ0n) is 13.8. The minimum absolute atomic E-state index is 0.0223. The van der Waals surface area contributed by atoms with Gasteiger partial charge < -0.3 is 10.2 Å². The van der Waals surface area contributed by atoms with Crippen LogP contribution in [0.3, 0.4) is 0 Å². The molecule has 1 aliphatic heterocycles. The van der Waals surface area contributed by atoms with Gasteiger partial charge in [0.1, 0.15) is 12.1 Å². The van der Waals surface area contributed by atoms with Crippen LogP contribution in [0.5, 0.6) is 0 Å². The number of hydrogen-bond acceptors (Lipinski definition) is 2. The van der Waals surface area contributed by atoms with Crippen LogP contribution in [0.4, 0.5) is 0 Å². The number of nitrogens with zero attached hydrogens (tertiary/aromatic N) is 1. The normalized spacial score (nSPS) is 28.0. The number of piperazine rings is 1. The molecule has 1 N–H and O–H groups in total. The maximum atomic E-state index is 12.7. The zero-order chi connectivity index (χ0) is 15.4. The monoisotopic (exact) mass is 282 g/mol. The molecule has 116 valence electrons. The lowest BCUT2D eigenvalue weighted by atomic mass is 9.91. The molecule has 0 bridgehead atoms. The first-order valence-corrected chi connectivity index (χ1v) is 7.95. The smallest absolute Gasteiger partial charge is 0.246 e. The van der Waals surface area contributed by atoms with Crippen molar-refractivity contribution >= 4 is 11.8 Å². The van der Waals surface area contributed by atoms with Gasteiger partial charge in [0.15, 0.2) is 0 Å². The van der Waals surface area contributed by atoms with E-state index in [0.29, 0.717) is 5.92 Å². The molecule has 0 saturated carbocycles. The van der Waals surface area contributed by atoms with Gasteiger partial charge >= 0.3 is 0 Å². The number of carbonyl (C=O) groups is 2. The van der Waals surface area contributed by atoms with Crippen LogP contribution >= 0.6 is 0 Å². The van der Waals surface area contributed by atoms with Crippen molar-refractivity contribution < 1.29 is 9.59 Å². The van der Waals surface area contributed by atoms with Crippen molar-refractivity contribution in [2.75, 3.05) is 0 Å². The summed E-state index contributed by atoms with van der Waals surface area (Å²) in [6.45, 7) is 12.3. The Kier molecular flexibility index (Phi) is 6.03. The first kappa shape index (κ1) is 17.0. The Hall–Kier alpha value is -1.06. The highest BCUT2D eigenvalue weighted by Crippen LogP contribution is 2.23. The summed E-state index contributed by atoms with van der Waals surface area (Å²) < 4.78 is 0. The van der Waals surface area contributed by atoms with Gasteiger partial charge in [-0.15, -0.1) is 0 Å². The van der Waals surface area contributed by atoms with Crippen LogP contribution in [0, 0.1) is 11.8 Å². The fourth-order valence-electron chi connectivity index (χ4n) is 2.90. The Balaban J connectivity index is 2.90.